The highest BCUT2D eigenvalue weighted by molar-refractivity contribution is 9.10. The number of halogens is 1. The van der Waals surface area contributed by atoms with Crippen LogP contribution in [0, 0.1) is 0 Å². The maximum absolute atomic E-state index is 12.8. The molecule has 2 aromatic rings. The van der Waals surface area contributed by atoms with Crippen LogP contribution in [0.25, 0.3) is 0 Å². The zero-order chi connectivity index (χ0) is 17.1. The van der Waals surface area contributed by atoms with Crippen molar-refractivity contribution in [3.05, 3.63) is 51.3 Å². The van der Waals surface area contributed by atoms with Crippen molar-refractivity contribution < 1.29 is 24.0 Å². The lowest BCUT2D eigenvalue weighted by Crippen LogP contribution is -2.36. The van der Waals surface area contributed by atoms with Gasteiger partial charge in [0, 0.05) is 17.4 Å². The first-order chi connectivity index (χ1) is 11.5. The summed E-state index contributed by atoms with van der Waals surface area (Å²) in [6, 6.07) is 7.35. The van der Waals surface area contributed by atoms with E-state index >= 15 is 0 Å². The number of fused-ring (bicyclic) bond motifs is 1. The molecule has 1 N–H and O–H groups in total. The average molecular weight is 395 g/mol. The number of carboxylic acid groups (broad SMARTS) is 1. The van der Waals surface area contributed by atoms with Crippen molar-refractivity contribution in [2.45, 2.75) is 19.6 Å². The van der Waals surface area contributed by atoms with Crippen LogP contribution in [-0.4, -0.2) is 40.2 Å². The van der Waals surface area contributed by atoms with E-state index in [1.807, 2.05) is 24.3 Å². The Balaban J connectivity index is 1.86. The number of carbonyl (C=O) groups excluding carboxylic acids is 1. The van der Waals surface area contributed by atoms with E-state index in [0.717, 1.165) is 10.0 Å². The van der Waals surface area contributed by atoms with Crippen LogP contribution < -0.4 is 0 Å². The highest BCUT2D eigenvalue weighted by Gasteiger charge is 2.29. The molecule has 0 saturated carbocycles. The fourth-order valence-corrected chi connectivity index (χ4v) is 3.01. The number of hydrogen-bond acceptors (Lipinski definition) is 5. The second-order valence-electron chi connectivity index (χ2n) is 5.42. The number of nitrogens with zero attached hydrogens (tertiary/aromatic N) is 2. The molecule has 0 saturated heterocycles. The summed E-state index contributed by atoms with van der Waals surface area (Å²) in [5.74, 6) is -0.942. The van der Waals surface area contributed by atoms with Gasteiger partial charge in [-0.15, -0.1) is 0 Å². The van der Waals surface area contributed by atoms with Crippen LogP contribution >= 0.6 is 15.9 Å². The molecule has 0 radical (unpaired) electrons. The van der Waals surface area contributed by atoms with Crippen molar-refractivity contribution >= 4 is 27.8 Å². The predicted octanol–water partition coefficient (Wildman–Crippen LogP) is 2.24. The predicted molar refractivity (Wildman–Crippen MR) is 86.4 cm³/mol. The summed E-state index contributed by atoms with van der Waals surface area (Å²) in [7, 11) is 0. The second kappa shape index (κ2) is 7.14. The number of benzene rings is 1. The van der Waals surface area contributed by atoms with Gasteiger partial charge in [-0.3, -0.25) is 9.59 Å². The van der Waals surface area contributed by atoms with E-state index in [0.29, 0.717) is 24.4 Å². The van der Waals surface area contributed by atoms with Crippen LogP contribution in [0.4, 0.5) is 0 Å². The first kappa shape index (κ1) is 16.7. The Hall–Kier alpha value is -2.19. The maximum atomic E-state index is 12.8. The fraction of sp³-hybridized carbons (Fsp3) is 0.312. The van der Waals surface area contributed by atoms with Gasteiger partial charge < -0.3 is 19.3 Å². The first-order valence-electron chi connectivity index (χ1n) is 7.35. The van der Waals surface area contributed by atoms with Crippen LogP contribution in [0.5, 0.6) is 0 Å². The van der Waals surface area contributed by atoms with E-state index in [1.54, 1.807) is 0 Å². The Morgan fingerprint density at radius 2 is 2.21 bits per heavy atom. The molecule has 0 spiro atoms. The molecule has 0 fully saturated rings. The summed E-state index contributed by atoms with van der Waals surface area (Å²) in [5, 5.41) is 13.0. The number of amides is 1. The van der Waals surface area contributed by atoms with E-state index < -0.39 is 18.4 Å². The number of carbonyl (C=O) groups is 2. The lowest BCUT2D eigenvalue weighted by Gasteiger charge is -2.20. The molecular weight excluding hydrogens is 380 g/mol. The Morgan fingerprint density at radius 1 is 1.38 bits per heavy atom. The molecule has 0 aliphatic carbocycles. The lowest BCUT2D eigenvalue weighted by atomic mass is 10.1. The minimum Gasteiger partial charge on any atom is -0.480 e. The van der Waals surface area contributed by atoms with Gasteiger partial charge in [0.05, 0.1) is 18.8 Å². The molecule has 7 nitrogen and oxygen atoms in total. The summed E-state index contributed by atoms with van der Waals surface area (Å²) >= 11 is 3.36. The van der Waals surface area contributed by atoms with Gasteiger partial charge in [0.15, 0.2) is 5.69 Å². The number of carboxylic acids is 1. The molecule has 3 rings (SSSR count). The Bertz CT molecular complexity index is 774. The SMILES string of the molecule is O=C(O)CN(Cc1cccc(Br)c1)C(=O)c1noc2c1COCC2. The van der Waals surface area contributed by atoms with Crippen LogP contribution in [0.1, 0.15) is 27.4 Å². The van der Waals surface area contributed by atoms with Crippen molar-refractivity contribution in [2.75, 3.05) is 13.2 Å². The highest BCUT2D eigenvalue weighted by Crippen LogP contribution is 2.22. The second-order valence-corrected chi connectivity index (χ2v) is 6.34. The largest absolute Gasteiger partial charge is 0.480 e. The van der Waals surface area contributed by atoms with Gasteiger partial charge in [-0.05, 0) is 17.7 Å². The van der Waals surface area contributed by atoms with E-state index in [4.69, 9.17) is 14.4 Å². The molecule has 8 heteroatoms. The quantitative estimate of drug-likeness (QED) is 0.835. The Morgan fingerprint density at radius 3 is 2.96 bits per heavy atom. The van der Waals surface area contributed by atoms with E-state index in [9.17, 15) is 9.59 Å². The summed E-state index contributed by atoms with van der Waals surface area (Å²) in [6.45, 7) is 0.505. The van der Waals surface area contributed by atoms with Crippen molar-refractivity contribution in [1.82, 2.24) is 10.1 Å². The summed E-state index contributed by atoms with van der Waals surface area (Å²) in [5.41, 5.74) is 1.55. The normalized spacial score (nSPS) is 13.4. The van der Waals surface area contributed by atoms with E-state index in [1.165, 1.54) is 4.90 Å². The number of aliphatic carboxylic acids is 1. The van der Waals surface area contributed by atoms with Crippen LogP contribution in [0.2, 0.25) is 0 Å². The van der Waals surface area contributed by atoms with Gasteiger partial charge in [-0.1, -0.05) is 33.2 Å². The Labute approximate surface area is 146 Å². The van der Waals surface area contributed by atoms with Gasteiger partial charge in [0.25, 0.3) is 5.91 Å². The first-order valence-corrected chi connectivity index (χ1v) is 8.14. The summed E-state index contributed by atoms with van der Waals surface area (Å²) in [4.78, 5) is 25.2. The third kappa shape index (κ3) is 3.65. The molecule has 0 bridgehead atoms. The highest BCUT2D eigenvalue weighted by atomic mass is 79.9. The Kier molecular flexibility index (Phi) is 4.96. The number of hydrogen-bond donors (Lipinski definition) is 1. The molecule has 1 aliphatic rings. The average Bonchev–Trinajstić information content (AvgIpc) is 2.97. The van der Waals surface area contributed by atoms with Gasteiger partial charge in [-0.2, -0.15) is 0 Å². The fourth-order valence-electron chi connectivity index (χ4n) is 2.56. The molecular formula is C16H15BrN2O5. The zero-order valence-corrected chi connectivity index (χ0v) is 14.3. The molecule has 1 amide bonds. The third-order valence-corrected chi connectivity index (χ3v) is 4.16. The number of ether oxygens (including phenoxy) is 1. The van der Waals surface area contributed by atoms with Gasteiger partial charge in [0.2, 0.25) is 0 Å². The third-order valence-electron chi connectivity index (χ3n) is 3.67. The molecule has 1 aromatic heterocycles. The van der Waals surface area contributed by atoms with E-state index in [2.05, 4.69) is 21.1 Å². The van der Waals surface area contributed by atoms with Crippen LogP contribution in [-0.2, 0) is 29.1 Å². The van der Waals surface area contributed by atoms with Gasteiger partial charge >= 0.3 is 5.97 Å². The molecule has 1 aliphatic heterocycles. The zero-order valence-electron chi connectivity index (χ0n) is 12.7. The summed E-state index contributed by atoms with van der Waals surface area (Å²) < 4.78 is 11.4. The van der Waals surface area contributed by atoms with Crippen molar-refractivity contribution in [2.24, 2.45) is 0 Å². The van der Waals surface area contributed by atoms with Crippen LogP contribution in [0.3, 0.4) is 0 Å². The summed E-state index contributed by atoms with van der Waals surface area (Å²) in [6.07, 6.45) is 0.556. The van der Waals surface area contributed by atoms with Crippen LogP contribution in [0.15, 0.2) is 33.3 Å². The minimum absolute atomic E-state index is 0.126. The minimum atomic E-state index is -1.09. The topological polar surface area (TPSA) is 92.9 Å². The standard InChI is InChI=1S/C16H15BrN2O5/c17-11-3-1-2-10(6-11)7-19(8-14(20)21)16(22)15-12-9-23-5-4-13(12)24-18-15/h1-3,6H,4-5,7-9H2,(H,20,21). The smallest absolute Gasteiger partial charge is 0.323 e. The van der Waals surface area contributed by atoms with Gasteiger partial charge in [0.1, 0.15) is 12.3 Å². The molecule has 126 valence electrons. The van der Waals surface area contributed by atoms with Crippen molar-refractivity contribution in [3.8, 4) is 0 Å². The van der Waals surface area contributed by atoms with E-state index in [-0.39, 0.29) is 18.8 Å². The monoisotopic (exact) mass is 394 g/mol. The van der Waals surface area contributed by atoms with Crippen molar-refractivity contribution in [1.29, 1.82) is 0 Å². The lowest BCUT2D eigenvalue weighted by molar-refractivity contribution is -0.137. The van der Waals surface area contributed by atoms with Gasteiger partial charge in [-0.25, -0.2) is 0 Å². The molecule has 0 unspecified atom stereocenters. The molecule has 2 heterocycles. The van der Waals surface area contributed by atoms with Crippen molar-refractivity contribution in [3.63, 3.8) is 0 Å². The molecule has 0 atom stereocenters. The number of rotatable bonds is 5. The maximum Gasteiger partial charge on any atom is 0.323 e. The molecule has 24 heavy (non-hydrogen) atoms. The molecule has 1 aromatic carbocycles. The number of aromatic nitrogens is 1.